The van der Waals surface area contributed by atoms with E-state index >= 15 is 0 Å². The first-order chi connectivity index (χ1) is 8.58. The monoisotopic (exact) mass is 300 g/mol. The first kappa shape index (κ1) is 15.4. The minimum atomic E-state index is -0.289. The lowest BCUT2D eigenvalue weighted by Gasteiger charge is -2.03. The molecule has 0 radical (unpaired) electrons. The molecule has 1 aromatic carbocycles. The second-order valence-electron chi connectivity index (χ2n) is 3.74. The van der Waals surface area contributed by atoms with Crippen molar-refractivity contribution in [3.05, 3.63) is 36.2 Å². The van der Waals surface area contributed by atoms with Crippen LogP contribution in [0.25, 0.3) is 0 Å². The molecule has 0 aliphatic heterocycles. The van der Waals surface area contributed by atoms with Crippen molar-refractivity contribution < 1.29 is 15.0 Å². The number of thioether (sulfide) groups is 1. The van der Waals surface area contributed by atoms with Crippen LogP contribution in [0.2, 0.25) is 0 Å². The molecule has 7 heteroatoms. The molecule has 2 aromatic rings. The van der Waals surface area contributed by atoms with Crippen molar-refractivity contribution in [3.8, 4) is 11.5 Å². The molecule has 0 atom stereocenters. The molecule has 0 aliphatic carbocycles. The Morgan fingerprint density at radius 2 is 2.11 bits per heavy atom. The average molecular weight is 301 g/mol. The number of aromatic nitrogens is 2. The van der Waals surface area contributed by atoms with Gasteiger partial charge in [0.25, 0.3) is 0 Å². The van der Waals surface area contributed by atoms with Gasteiger partial charge in [-0.3, -0.25) is 4.79 Å². The first-order valence-corrected chi connectivity index (χ1v) is 6.22. The largest absolute Gasteiger partial charge is 0.504 e. The highest BCUT2D eigenvalue weighted by atomic mass is 35.5. The van der Waals surface area contributed by atoms with Gasteiger partial charge in [-0.15, -0.1) is 12.4 Å². The van der Waals surface area contributed by atoms with E-state index in [1.807, 2.05) is 11.6 Å². The van der Waals surface area contributed by atoms with E-state index in [-0.39, 0.29) is 35.4 Å². The number of hydrogen-bond donors (Lipinski definition) is 2. The summed E-state index contributed by atoms with van der Waals surface area (Å²) in [4.78, 5) is 16.0. The van der Waals surface area contributed by atoms with Crippen molar-refractivity contribution in [2.24, 2.45) is 7.05 Å². The van der Waals surface area contributed by atoms with Crippen molar-refractivity contribution in [2.45, 2.75) is 5.16 Å². The number of ketones is 1. The van der Waals surface area contributed by atoms with E-state index in [4.69, 9.17) is 5.11 Å². The Labute approximate surface area is 120 Å². The van der Waals surface area contributed by atoms with Crippen LogP contribution in [0.15, 0.2) is 35.7 Å². The number of phenols is 2. The molecule has 102 valence electrons. The number of hydrogen-bond acceptors (Lipinski definition) is 5. The Morgan fingerprint density at radius 1 is 1.37 bits per heavy atom. The third-order valence-corrected chi connectivity index (χ3v) is 3.46. The second kappa shape index (κ2) is 6.49. The third kappa shape index (κ3) is 3.65. The molecule has 2 N–H and O–H groups in total. The molecule has 1 aromatic heterocycles. The first-order valence-electron chi connectivity index (χ1n) is 5.23. The summed E-state index contributed by atoms with van der Waals surface area (Å²) in [6, 6.07) is 4.04. The van der Waals surface area contributed by atoms with Crippen LogP contribution in [-0.2, 0) is 7.05 Å². The van der Waals surface area contributed by atoms with E-state index in [1.165, 1.54) is 30.0 Å². The van der Waals surface area contributed by atoms with Crippen molar-refractivity contribution >= 4 is 30.0 Å². The standard InChI is InChI=1S/C12H12N2O3S.ClH/c1-14-5-4-13-12(14)18-7-11(17)8-2-3-9(15)10(16)6-8;/h2-6,15-16H,7H2,1H3;1H. The Bertz CT molecular complexity index is 586. The molecule has 2 rings (SSSR count). The van der Waals surface area contributed by atoms with Crippen LogP contribution in [0.1, 0.15) is 10.4 Å². The number of aryl methyl sites for hydroxylation is 1. The van der Waals surface area contributed by atoms with E-state index in [2.05, 4.69) is 4.98 Å². The molecular weight excluding hydrogens is 288 g/mol. The number of imidazole rings is 1. The number of halogens is 1. The molecule has 1 heterocycles. The minimum Gasteiger partial charge on any atom is -0.504 e. The van der Waals surface area contributed by atoms with Crippen molar-refractivity contribution in [2.75, 3.05) is 5.75 Å². The van der Waals surface area contributed by atoms with Gasteiger partial charge in [-0.25, -0.2) is 4.98 Å². The van der Waals surface area contributed by atoms with Crippen LogP contribution < -0.4 is 0 Å². The lowest BCUT2D eigenvalue weighted by Crippen LogP contribution is -2.03. The molecule has 0 saturated carbocycles. The van der Waals surface area contributed by atoms with Gasteiger partial charge in [0.05, 0.1) is 5.75 Å². The van der Waals surface area contributed by atoms with E-state index in [0.717, 1.165) is 5.16 Å². The average Bonchev–Trinajstić information content (AvgIpc) is 2.75. The normalized spacial score (nSPS) is 9.95. The predicted molar refractivity (Wildman–Crippen MR) is 75.3 cm³/mol. The number of rotatable bonds is 4. The van der Waals surface area contributed by atoms with Crippen LogP contribution in [0.5, 0.6) is 11.5 Å². The smallest absolute Gasteiger partial charge is 0.173 e. The topological polar surface area (TPSA) is 75.4 Å². The fourth-order valence-electron chi connectivity index (χ4n) is 1.40. The van der Waals surface area contributed by atoms with Crippen molar-refractivity contribution in [1.82, 2.24) is 9.55 Å². The zero-order chi connectivity index (χ0) is 13.1. The van der Waals surface area contributed by atoms with Gasteiger partial charge in [-0.05, 0) is 18.2 Å². The van der Waals surface area contributed by atoms with Crippen molar-refractivity contribution in [1.29, 1.82) is 0 Å². The molecule has 0 spiro atoms. The number of carbonyl (C=O) groups excluding carboxylic acids is 1. The Balaban J connectivity index is 0.00000180. The SMILES string of the molecule is Cl.Cn1ccnc1SCC(=O)c1ccc(O)c(O)c1. The Kier molecular flexibility index (Phi) is 5.26. The summed E-state index contributed by atoms with van der Waals surface area (Å²) < 4.78 is 1.83. The summed E-state index contributed by atoms with van der Waals surface area (Å²) >= 11 is 1.32. The van der Waals surface area contributed by atoms with E-state index in [9.17, 15) is 9.90 Å². The maximum Gasteiger partial charge on any atom is 0.173 e. The van der Waals surface area contributed by atoms with Gasteiger partial charge in [0.1, 0.15) is 0 Å². The van der Waals surface area contributed by atoms with E-state index < -0.39 is 0 Å². The van der Waals surface area contributed by atoms with Crippen LogP contribution in [0.4, 0.5) is 0 Å². The molecule has 5 nitrogen and oxygen atoms in total. The Morgan fingerprint density at radius 3 is 2.68 bits per heavy atom. The molecule has 19 heavy (non-hydrogen) atoms. The molecule has 0 amide bonds. The van der Waals surface area contributed by atoms with Gasteiger partial charge in [-0.2, -0.15) is 0 Å². The lowest BCUT2D eigenvalue weighted by atomic mass is 10.1. The molecule has 0 unspecified atom stereocenters. The van der Waals surface area contributed by atoms with Gasteiger partial charge in [0.15, 0.2) is 22.4 Å². The van der Waals surface area contributed by atoms with Gasteiger partial charge < -0.3 is 14.8 Å². The van der Waals surface area contributed by atoms with Crippen molar-refractivity contribution in [3.63, 3.8) is 0 Å². The highest BCUT2D eigenvalue weighted by Gasteiger charge is 2.10. The second-order valence-corrected chi connectivity index (χ2v) is 4.68. The number of phenolic OH excluding ortho intramolecular Hbond substituents is 2. The summed E-state index contributed by atoms with van der Waals surface area (Å²) in [5.74, 6) is -0.417. The third-order valence-electron chi connectivity index (χ3n) is 2.41. The lowest BCUT2D eigenvalue weighted by molar-refractivity contribution is 0.102. The molecule has 0 aliphatic rings. The van der Waals surface area contributed by atoms with E-state index in [1.54, 1.807) is 12.4 Å². The highest BCUT2D eigenvalue weighted by molar-refractivity contribution is 7.99. The molecular formula is C12H13ClN2O3S. The number of carbonyl (C=O) groups is 1. The summed E-state index contributed by atoms with van der Waals surface area (Å²) in [5, 5.41) is 19.2. The van der Waals surface area contributed by atoms with Crippen LogP contribution in [-0.4, -0.2) is 31.3 Å². The summed E-state index contributed by atoms with van der Waals surface area (Å²) in [5.41, 5.74) is 0.368. The van der Waals surface area contributed by atoms with E-state index in [0.29, 0.717) is 5.56 Å². The molecule has 0 fully saturated rings. The maximum absolute atomic E-state index is 11.9. The van der Waals surface area contributed by atoms with Crippen LogP contribution >= 0.6 is 24.2 Å². The quantitative estimate of drug-likeness (QED) is 0.514. The molecule has 0 bridgehead atoms. The van der Waals surface area contributed by atoms with Gasteiger partial charge in [0.2, 0.25) is 0 Å². The minimum absolute atomic E-state index is 0. The fourth-order valence-corrected chi connectivity index (χ4v) is 2.23. The number of Topliss-reactive ketones (excluding diaryl/α,β-unsaturated/α-hetero) is 1. The zero-order valence-electron chi connectivity index (χ0n) is 10.1. The van der Waals surface area contributed by atoms with Gasteiger partial charge in [0, 0.05) is 25.0 Å². The Hall–Kier alpha value is -1.66. The van der Waals surface area contributed by atoms with Crippen LogP contribution in [0.3, 0.4) is 0 Å². The number of aromatic hydroxyl groups is 2. The predicted octanol–water partition coefficient (Wildman–Crippen LogP) is 2.23. The summed E-state index contributed by atoms with van der Waals surface area (Å²) in [6.45, 7) is 0. The molecule has 0 saturated heterocycles. The maximum atomic E-state index is 11.9. The zero-order valence-corrected chi connectivity index (χ0v) is 11.7. The summed E-state index contributed by atoms with van der Waals surface area (Å²) in [6.07, 6.45) is 3.47. The fraction of sp³-hybridized carbons (Fsp3) is 0.167. The highest BCUT2D eigenvalue weighted by Crippen LogP contribution is 2.26. The number of benzene rings is 1. The number of nitrogens with zero attached hydrogens (tertiary/aromatic N) is 2. The van der Waals surface area contributed by atoms with Crippen LogP contribution in [0, 0.1) is 0 Å². The summed E-state index contributed by atoms with van der Waals surface area (Å²) in [7, 11) is 1.85. The van der Waals surface area contributed by atoms with Gasteiger partial charge >= 0.3 is 0 Å². The van der Waals surface area contributed by atoms with Gasteiger partial charge in [-0.1, -0.05) is 11.8 Å².